The van der Waals surface area contributed by atoms with Gasteiger partial charge >= 0.3 is 0 Å². The highest BCUT2D eigenvalue weighted by Gasteiger charge is 2.11. The average Bonchev–Trinajstić information content (AvgIpc) is 2.76. The molecule has 0 aliphatic carbocycles. The fraction of sp³-hybridized carbons (Fsp3) is 0.500. The molecular weight excluding hydrogens is 256 g/mol. The van der Waals surface area contributed by atoms with Crippen molar-refractivity contribution in [3.05, 3.63) is 34.5 Å². The molecule has 0 amide bonds. The van der Waals surface area contributed by atoms with Crippen LogP contribution in [0.1, 0.15) is 27.2 Å². The van der Waals surface area contributed by atoms with Crippen LogP contribution in [0.2, 0.25) is 0 Å². The second kappa shape index (κ2) is 5.58. The van der Waals surface area contributed by atoms with Gasteiger partial charge in [-0.3, -0.25) is 14.8 Å². The zero-order chi connectivity index (χ0) is 14.8. The summed E-state index contributed by atoms with van der Waals surface area (Å²) in [5.74, 6) is 0. The van der Waals surface area contributed by atoms with Crippen LogP contribution in [0.25, 0.3) is 10.9 Å². The largest absolute Gasteiger partial charge is 0.312 e. The van der Waals surface area contributed by atoms with E-state index in [0.717, 1.165) is 30.4 Å². The lowest BCUT2D eigenvalue weighted by Crippen LogP contribution is -2.36. The summed E-state index contributed by atoms with van der Waals surface area (Å²) >= 11 is 0. The quantitative estimate of drug-likeness (QED) is 0.517. The van der Waals surface area contributed by atoms with Crippen LogP contribution in [0.4, 0.5) is 5.69 Å². The SMILES string of the molecule is CC(C)(C)NCCCn1ncc2ccc([N+](=O)[O-])cc21. The lowest BCUT2D eigenvalue weighted by atomic mass is 10.1. The van der Waals surface area contributed by atoms with E-state index in [9.17, 15) is 10.1 Å². The van der Waals surface area contributed by atoms with E-state index in [0.29, 0.717) is 0 Å². The molecule has 0 bridgehead atoms. The Morgan fingerprint density at radius 2 is 2.15 bits per heavy atom. The zero-order valence-corrected chi connectivity index (χ0v) is 12.1. The van der Waals surface area contributed by atoms with Crippen LogP contribution >= 0.6 is 0 Å². The molecular formula is C14H20N4O2. The number of non-ortho nitro benzene ring substituents is 1. The fourth-order valence-electron chi connectivity index (χ4n) is 2.04. The number of nitro benzene ring substituents is 1. The molecule has 0 aliphatic rings. The van der Waals surface area contributed by atoms with Crippen LogP contribution in [-0.2, 0) is 6.54 Å². The summed E-state index contributed by atoms with van der Waals surface area (Å²) in [6, 6.07) is 4.83. The van der Waals surface area contributed by atoms with Gasteiger partial charge in [0.15, 0.2) is 0 Å². The Labute approximate surface area is 117 Å². The molecule has 0 saturated heterocycles. The Balaban J connectivity index is 2.06. The number of aryl methyl sites for hydroxylation is 1. The maximum atomic E-state index is 10.8. The van der Waals surface area contributed by atoms with Crippen molar-refractivity contribution in [2.45, 2.75) is 39.3 Å². The molecule has 0 aliphatic heterocycles. The fourth-order valence-corrected chi connectivity index (χ4v) is 2.04. The molecule has 0 unspecified atom stereocenters. The molecule has 1 heterocycles. The molecule has 1 N–H and O–H groups in total. The van der Waals surface area contributed by atoms with Crippen LogP contribution in [0, 0.1) is 10.1 Å². The van der Waals surface area contributed by atoms with Gasteiger partial charge in [0.25, 0.3) is 5.69 Å². The van der Waals surface area contributed by atoms with Crippen LogP contribution in [0.5, 0.6) is 0 Å². The van der Waals surface area contributed by atoms with E-state index in [4.69, 9.17) is 0 Å². The molecule has 0 fully saturated rings. The minimum Gasteiger partial charge on any atom is -0.312 e. The normalized spacial score (nSPS) is 11.9. The third kappa shape index (κ3) is 3.54. The molecule has 6 heteroatoms. The number of aromatic nitrogens is 2. The molecule has 0 atom stereocenters. The minimum absolute atomic E-state index is 0.102. The van der Waals surface area contributed by atoms with E-state index < -0.39 is 0 Å². The van der Waals surface area contributed by atoms with Crippen LogP contribution in [-0.4, -0.2) is 26.8 Å². The van der Waals surface area contributed by atoms with E-state index in [-0.39, 0.29) is 16.1 Å². The Bertz CT molecular complexity index is 613. The third-order valence-corrected chi connectivity index (χ3v) is 3.04. The number of nitro groups is 1. The van der Waals surface area contributed by atoms with Crippen molar-refractivity contribution in [1.29, 1.82) is 0 Å². The zero-order valence-electron chi connectivity index (χ0n) is 12.1. The van der Waals surface area contributed by atoms with Crippen molar-refractivity contribution in [3.8, 4) is 0 Å². The van der Waals surface area contributed by atoms with Crippen molar-refractivity contribution >= 4 is 16.6 Å². The molecule has 20 heavy (non-hydrogen) atoms. The summed E-state index contributed by atoms with van der Waals surface area (Å²) in [6.45, 7) is 8.01. The minimum atomic E-state index is -0.377. The van der Waals surface area contributed by atoms with Crippen molar-refractivity contribution in [1.82, 2.24) is 15.1 Å². The van der Waals surface area contributed by atoms with E-state index in [1.165, 1.54) is 6.07 Å². The molecule has 2 rings (SSSR count). The molecule has 1 aromatic heterocycles. The topological polar surface area (TPSA) is 73.0 Å². The van der Waals surface area contributed by atoms with Gasteiger partial charge in [0.2, 0.25) is 0 Å². The Morgan fingerprint density at radius 3 is 2.80 bits per heavy atom. The van der Waals surface area contributed by atoms with Gasteiger partial charge in [0.1, 0.15) is 0 Å². The summed E-state index contributed by atoms with van der Waals surface area (Å²) in [5.41, 5.74) is 1.02. The first-order chi connectivity index (χ1) is 9.37. The average molecular weight is 276 g/mol. The first-order valence-corrected chi connectivity index (χ1v) is 6.72. The van der Waals surface area contributed by atoms with Gasteiger partial charge < -0.3 is 5.32 Å². The lowest BCUT2D eigenvalue weighted by Gasteiger charge is -2.20. The molecule has 0 saturated carbocycles. The molecule has 0 spiro atoms. The Morgan fingerprint density at radius 1 is 1.40 bits per heavy atom. The highest BCUT2D eigenvalue weighted by molar-refractivity contribution is 5.80. The summed E-state index contributed by atoms with van der Waals surface area (Å²) in [7, 11) is 0. The predicted molar refractivity (Wildman–Crippen MR) is 78.8 cm³/mol. The van der Waals surface area contributed by atoms with Gasteiger partial charge in [0, 0.05) is 29.6 Å². The standard InChI is InChI=1S/C14H20N4O2/c1-14(2,3)15-7-4-8-17-13-9-12(18(19)20)6-5-11(13)10-16-17/h5-6,9-10,15H,4,7-8H2,1-3H3. The Hall–Kier alpha value is -1.95. The van der Waals surface area contributed by atoms with Crippen molar-refractivity contribution in [2.24, 2.45) is 0 Å². The van der Waals surface area contributed by atoms with Gasteiger partial charge in [-0.1, -0.05) is 0 Å². The monoisotopic (exact) mass is 276 g/mol. The van der Waals surface area contributed by atoms with Gasteiger partial charge in [-0.25, -0.2) is 0 Å². The van der Waals surface area contributed by atoms with Crippen LogP contribution < -0.4 is 5.32 Å². The highest BCUT2D eigenvalue weighted by Crippen LogP contribution is 2.20. The number of benzene rings is 1. The number of rotatable bonds is 5. The molecule has 1 aromatic carbocycles. The molecule has 6 nitrogen and oxygen atoms in total. The number of nitrogens with one attached hydrogen (secondary N) is 1. The maximum Gasteiger partial charge on any atom is 0.271 e. The summed E-state index contributed by atoms with van der Waals surface area (Å²) in [6.07, 6.45) is 2.67. The lowest BCUT2D eigenvalue weighted by molar-refractivity contribution is -0.384. The van der Waals surface area contributed by atoms with E-state index in [1.807, 2.05) is 4.68 Å². The van der Waals surface area contributed by atoms with Crippen molar-refractivity contribution < 1.29 is 4.92 Å². The first kappa shape index (κ1) is 14.5. The van der Waals surface area contributed by atoms with E-state index >= 15 is 0 Å². The van der Waals surface area contributed by atoms with Gasteiger partial charge in [0.05, 0.1) is 16.6 Å². The third-order valence-electron chi connectivity index (χ3n) is 3.04. The highest BCUT2D eigenvalue weighted by atomic mass is 16.6. The van der Waals surface area contributed by atoms with Crippen LogP contribution in [0.15, 0.2) is 24.4 Å². The summed E-state index contributed by atoms with van der Waals surface area (Å²) in [4.78, 5) is 10.4. The number of hydrogen-bond donors (Lipinski definition) is 1. The predicted octanol–water partition coefficient (Wildman–Crippen LogP) is 2.72. The summed E-state index contributed by atoms with van der Waals surface area (Å²) in [5, 5.41) is 19.5. The smallest absolute Gasteiger partial charge is 0.271 e. The van der Waals surface area contributed by atoms with E-state index in [2.05, 4.69) is 31.2 Å². The second-order valence-electron chi connectivity index (χ2n) is 5.90. The van der Waals surface area contributed by atoms with E-state index in [1.54, 1.807) is 18.3 Å². The molecule has 108 valence electrons. The van der Waals surface area contributed by atoms with Gasteiger partial charge in [-0.2, -0.15) is 5.10 Å². The van der Waals surface area contributed by atoms with Gasteiger partial charge in [-0.15, -0.1) is 0 Å². The summed E-state index contributed by atoms with van der Waals surface area (Å²) < 4.78 is 1.83. The number of nitrogens with zero attached hydrogens (tertiary/aromatic N) is 3. The van der Waals surface area contributed by atoms with Gasteiger partial charge in [-0.05, 0) is 39.8 Å². The number of fused-ring (bicyclic) bond motifs is 1. The maximum absolute atomic E-state index is 10.8. The van der Waals surface area contributed by atoms with Crippen molar-refractivity contribution in [3.63, 3.8) is 0 Å². The molecule has 0 radical (unpaired) electrons. The Kier molecular flexibility index (Phi) is 4.04. The van der Waals surface area contributed by atoms with Crippen LogP contribution in [0.3, 0.4) is 0 Å². The number of hydrogen-bond acceptors (Lipinski definition) is 4. The van der Waals surface area contributed by atoms with Crippen molar-refractivity contribution in [2.75, 3.05) is 6.54 Å². The second-order valence-corrected chi connectivity index (χ2v) is 5.90. The molecule has 2 aromatic rings. The first-order valence-electron chi connectivity index (χ1n) is 6.72.